The van der Waals surface area contributed by atoms with Crippen LogP contribution in [0.25, 0.3) is 0 Å². The molecule has 0 aliphatic rings. The van der Waals surface area contributed by atoms with Gasteiger partial charge in [-0.25, -0.2) is 4.79 Å². The summed E-state index contributed by atoms with van der Waals surface area (Å²) in [5.41, 5.74) is 0.689. The number of aliphatic carboxylic acids is 1. The number of aliphatic hydroxyl groups is 1. The van der Waals surface area contributed by atoms with E-state index in [0.29, 0.717) is 17.9 Å². The molecule has 0 spiro atoms. The second kappa shape index (κ2) is 5.44. The van der Waals surface area contributed by atoms with Crippen LogP contribution in [0.2, 0.25) is 0 Å². The predicted molar refractivity (Wildman–Crippen MR) is 56.6 cm³/mol. The fraction of sp³-hybridized carbons (Fsp3) is 0.500. The van der Waals surface area contributed by atoms with Gasteiger partial charge in [0.05, 0.1) is 12.3 Å². The number of aliphatic hydroxyl groups excluding tert-OH is 1. The predicted octanol–water partition coefficient (Wildman–Crippen LogP) is -0.279. The maximum absolute atomic E-state index is 11.8. The van der Waals surface area contributed by atoms with Crippen LogP contribution in [0.4, 0.5) is 0 Å². The number of carboxylic acid groups (broad SMARTS) is 1. The van der Waals surface area contributed by atoms with Crippen LogP contribution in [-0.2, 0) is 11.2 Å². The number of carbonyl (C=O) groups is 2. The number of carboxylic acids is 1. The number of nitrogens with zero attached hydrogens (tertiary/aromatic N) is 1. The van der Waals surface area contributed by atoms with E-state index in [9.17, 15) is 9.59 Å². The number of hydrogen-bond acceptors (Lipinski definition) is 5. The van der Waals surface area contributed by atoms with Crippen molar-refractivity contribution in [2.45, 2.75) is 26.3 Å². The fourth-order valence-electron chi connectivity index (χ4n) is 1.37. The van der Waals surface area contributed by atoms with Gasteiger partial charge in [0.15, 0.2) is 6.04 Å². The molecule has 1 heterocycles. The van der Waals surface area contributed by atoms with Crippen LogP contribution in [0.3, 0.4) is 0 Å². The molecule has 94 valence electrons. The van der Waals surface area contributed by atoms with Gasteiger partial charge in [0, 0.05) is 0 Å². The average Bonchev–Trinajstić information content (AvgIpc) is 2.66. The zero-order chi connectivity index (χ0) is 13.0. The lowest BCUT2D eigenvalue weighted by Crippen LogP contribution is -2.43. The Hall–Kier alpha value is -1.89. The third-order valence-corrected chi connectivity index (χ3v) is 2.28. The van der Waals surface area contributed by atoms with E-state index in [4.69, 9.17) is 14.7 Å². The first kappa shape index (κ1) is 13.2. The van der Waals surface area contributed by atoms with Crippen molar-refractivity contribution in [3.05, 3.63) is 17.0 Å². The first-order valence-corrected chi connectivity index (χ1v) is 5.10. The van der Waals surface area contributed by atoms with Gasteiger partial charge in [-0.05, 0) is 13.3 Å². The number of aryl methyl sites for hydroxylation is 2. The van der Waals surface area contributed by atoms with Crippen LogP contribution in [0.5, 0.6) is 0 Å². The molecule has 0 saturated heterocycles. The molecule has 0 radical (unpaired) electrons. The Morgan fingerprint density at radius 1 is 1.53 bits per heavy atom. The van der Waals surface area contributed by atoms with E-state index in [2.05, 4.69) is 10.5 Å². The normalized spacial score (nSPS) is 12.2. The van der Waals surface area contributed by atoms with E-state index >= 15 is 0 Å². The molecule has 0 saturated carbocycles. The minimum atomic E-state index is -1.33. The highest BCUT2D eigenvalue weighted by Crippen LogP contribution is 2.13. The van der Waals surface area contributed by atoms with E-state index in [-0.39, 0.29) is 5.56 Å². The van der Waals surface area contributed by atoms with Gasteiger partial charge in [-0.2, -0.15) is 0 Å². The van der Waals surface area contributed by atoms with Crippen LogP contribution in [0.1, 0.15) is 28.7 Å². The lowest BCUT2D eigenvalue weighted by Gasteiger charge is -2.11. The van der Waals surface area contributed by atoms with Crippen molar-refractivity contribution >= 4 is 11.9 Å². The number of nitrogens with one attached hydrogen (secondary N) is 1. The minimum Gasteiger partial charge on any atom is -0.480 e. The number of rotatable bonds is 5. The molecular formula is C10H14N2O5. The lowest BCUT2D eigenvalue weighted by molar-refractivity contribution is -0.140. The van der Waals surface area contributed by atoms with Crippen LogP contribution in [0.15, 0.2) is 4.52 Å². The van der Waals surface area contributed by atoms with Gasteiger partial charge in [0.25, 0.3) is 5.91 Å². The van der Waals surface area contributed by atoms with E-state index in [0.717, 1.165) is 0 Å². The number of carbonyl (C=O) groups excluding carboxylic acids is 1. The molecule has 0 aromatic carbocycles. The van der Waals surface area contributed by atoms with Crippen molar-refractivity contribution in [1.29, 1.82) is 0 Å². The van der Waals surface area contributed by atoms with Crippen LogP contribution in [0, 0.1) is 6.92 Å². The van der Waals surface area contributed by atoms with Crippen molar-refractivity contribution in [3.8, 4) is 0 Å². The molecule has 7 heteroatoms. The van der Waals surface area contributed by atoms with Crippen molar-refractivity contribution in [2.24, 2.45) is 0 Å². The van der Waals surface area contributed by atoms with E-state index in [1.807, 2.05) is 0 Å². The van der Waals surface area contributed by atoms with E-state index in [1.54, 1.807) is 13.8 Å². The van der Waals surface area contributed by atoms with Gasteiger partial charge in [0.1, 0.15) is 11.3 Å². The summed E-state index contributed by atoms with van der Waals surface area (Å²) in [4.78, 5) is 22.5. The third-order valence-electron chi connectivity index (χ3n) is 2.28. The molecule has 0 unspecified atom stereocenters. The summed E-state index contributed by atoms with van der Waals surface area (Å²) >= 11 is 0. The van der Waals surface area contributed by atoms with Gasteiger partial charge in [-0.1, -0.05) is 12.1 Å². The van der Waals surface area contributed by atoms with Crippen LogP contribution in [-0.4, -0.2) is 39.9 Å². The Morgan fingerprint density at radius 3 is 2.65 bits per heavy atom. The zero-order valence-corrected chi connectivity index (χ0v) is 9.56. The molecule has 3 N–H and O–H groups in total. The molecule has 17 heavy (non-hydrogen) atoms. The summed E-state index contributed by atoms with van der Waals surface area (Å²) in [6.45, 7) is 2.69. The first-order valence-electron chi connectivity index (χ1n) is 5.10. The number of aromatic nitrogens is 1. The molecule has 0 fully saturated rings. The summed E-state index contributed by atoms with van der Waals surface area (Å²) in [6.07, 6.45) is 0.497. The Labute approximate surface area is 97.4 Å². The smallest absolute Gasteiger partial charge is 0.328 e. The molecule has 1 rings (SSSR count). The lowest BCUT2D eigenvalue weighted by atomic mass is 10.1. The molecule has 0 aliphatic heterocycles. The SMILES string of the molecule is CCc1noc(C)c1C(=O)N[C@H](CO)C(=O)O. The second-order valence-electron chi connectivity index (χ2n) is 3.46. The number of hydrogen-bond donors (Lipinski definition) is 3. The van der Waals surface area contributed by atoms with Gasteiger partial charge in [-0.3, -0.25) is 4.79 Å². The highest BCUT2D eigenvalue weighted by atomic mass is 16.5. The van der Waals surface area contributed by atoms with Crippen molar-refractivity contribution < 1.29 is 24.3 Å². The standard InChI is InChI=1S/C10H14N2O5/c1-3-6-8(5(2)17-12-6)9(14)11-7(4-13)10(15)16/h7,13H,3-4H2,1-2H3,(H,11,14)(H,15,16)/t7-/m1/s1. The van der Waals surface area contributed by atoms with Crippen molar-refractivity contribution in [3.63, 3.8) is 0 Å². The Morgan fingerprint density at radius 2 is 2.18 bits per heavy atom. The summed E-state index contributed by atoms with van der Waals surface area (Å²) in [6, 6.07) is -1.33. The van der Waals surface area contributed by atoms with E-state index < -0.39 is 24.5 Å². The molecule has 1 atom stereocenters. The minimum absolute atomic E-state index is 0.229. The largest absolute Gasteiger partial charge is 0.480 e. The van der Waals surface area contributed by atoms with Crippen LogP contribution < -0.4 is 5.32 Å². The highest BCUT2D eigenvalue weighted by molar-refractivity contribution is 5.98. The summed E-state index contributed by atoms with van der Waals surface area (Å²) in [5, 5.41) is 23.4. The topological polar surface area (TPSA) is 113 Å². The fourth-order valence-corrected chi connectivity index (χ4v) is 1.37. The quantitative estimate of drug-likeness (QED) is 0.654. The van der Waals surface area contributed by atoms with Crippen molar-refractivity contribution in [2.75, 3.05) is 6.61 Å². The maximum atomic E-state index is 11.8. The highest BCUT2D eigenvalue weighted by Gasteiger charge is 2.24. The molecule has 7 nitrogen and oxygen atoms in total. The summed E-state index contributed by atoms with van der Waals surface area (Å²) in [5.74, 6) is -1.59. The summed E-state index contributed by atoms with van der Waals surface area (Å²) < 4.78 is 4.86. The average molecular weight is 242 g/mol. The molecule has 1 amide bonds. The van der Waals surface area contributed by atoms with E-state index in [1.165, 1.54) is 0 Å². The molecule has 1 aromatic rings. The Kier molecular flexibility index (Phi) is 4.22. The van der Waals surface area contributed by atoms with Gasteiger partial charge < -0.3 is 20.1 Å². The molecule has 0 aliphatic carbocycles. The second-order valence-corrected chi connectivity index (χ2v) is 3.46. The number of amides is 1. The first-order chi connectivity index (χ1) is 8.01. The zero-order valence-electron chi connectivity index (χ0n) is 9.56. The van der Waals surface area contributed by atoms with Crippen molar-refractivity contribution in [1.82, 2.24) is 10.5 Å². The van der Waals surface area contributed by atoms with Gasteiger partial charge in [0.2, 0.25) is 0 Å². The molecule has 1 aromatic heterocycles. The van der Waals surface area contributed by atoms with Crippen LogP contribution >= 0.6 is 0 Å². The maximum Gasteiger partial charge on any atom is 0.328 e. The molecule has 0 bridgehead atoms. The third kappa shape index (κ3) is 2.82. The summed E-state index contributed by atoms with van der Waals surface area (Å²) in [7, 11) is 0. The van der Waals surface area contributed by atoms with Gasteiger partial charge in [-0.15, -0.1) is 0 Å². The van der Waals surface area contributed by atoms with Gasteiger partial charge >= 0.3 is 5.97 Å². The molecular weight excluding hydrogens is 228 g/mol. The Bertz CT molecular complexity index is 426. The Balaban J connectivity index is 2.89. The monoisotopic (exact) mass is 242 g/mol.